The summed E-state index contributed by atoms with van der Waals surface area (Å²) in [5.74, 6) is 1.50. The van der Waals surface area contributed by atoms with Gasteiger partial charge in [0.15, 0.2) is 5.82 Å². The molecule has 1 aromatic carbocycles. The van der Waals surface area contributed by atoms with E-state index < -0.39 is 0 Å². The first-order chi connectivity index (χ1) is 18.0. The van der Waals surface area contributed by atoms with Crippen LogP contribution in [-0.2, 0) is 11.3 Å². The molecular formula is C28H35N7O2. The van der Waals surface area contributed by atoms with Crippen LogP contribution in [0.2, 0.25) is 0 Å². The van der Waals surface area contributed by atoms with Crippen LogP contribution in [0.25, 0.3) is 17.1 Å². The Hall–Kier alpha value is -3.56. The molecule has 1 saturated heterocycles. The molecule has 0 amide bonds. The van der Waals surface area contributed by atoms with Crippen LogP contribution in [0.15, 0.2) is 59.2 Å². The fraction of sp³-hybridized carbons (Fsp3) is 0.429. The molecule has 37 heavy (non-hydrogen) atoms. The van der Waals surface area contributed by atoms with Crippen molar-refractivity contribution in [3.8, 4) is 23.1 Å². The first-order valence-corrected chi connectivity index (χ1v) is 12.9. The standard InChI is InChI=1S/C28H35N7O2/c1-21-7-8-22(19-29-21)10-14-37-28-30-26(34-12-15-36-16-13-34)18-27(31-28)35-11-9-25(32-35)24-6-4-5-23(17-24)20-33(2)3/h4-6,8-9,11,17-19,21H,7,10,12-16,20H2,1-3H3. The Morgan fingerprint density at radius 2 is 1.92 bits per heavy atom. The van der Waals surface area contributed by atoms with Crippen molar-refractivity contribution in [1.82, 2.24) is 24.6 Å². The number of aromatic nitrogens is 4. The minimum atomic E-state index is 0.353. The fourth-order valence-electron chi connectivity index (χ4n) is 4.42. The van der Waals surface area contributed by atoms with Gasteiger partial charge in [-0.1, -0.05) is 24.3 Å². The molecule has 4 heterocycles. The SMILES string of the molecule is CC1CC=C(CCOc2nc(N3CCOCC3)cc(-n3ccc(-c4cccc(CN(C)C)c4)n3)n2)C=N1. The minimum Gasteiger partial charge on any atom is -0.463 e. The maximum atomic E-state index is 6.04. The summed E-state index contributed by atoms with van der Waals surface area (Å²) in [4.78, 5) is 18.3. The van der Waals surface area contributed by atoms with Gasteiger partial charge in [-0.3, -0.25) is 4.99 Å². The highest BCUT2D eigenvalue weighted by Crippen LogP contribution is 2.23. The monoisotopic (exact) mass is 501 g/mol. The average Bonchev–Trinajstić information content (AvgIpc) is 3.41. The third-order valence-corrected chi connectivity index (χ3v) is 6.40. The van der Waals surface area contributed by atoms with Crippen LogP contribution in [0.4, 0.5) is 5.82 Å². The second-order valence-corrected chi connectivity index (χ2v) is 9.79. The summed E-state index contributed by atoms with van der Waals surface area (Å²) < 4.78 is 13.4. The molecule has 2 aliphatic heterocycles. The van der Waals surface area contributed by atoms with Crippen LogP contribution in [0.1, 0.15) is 25.3 Å². The quantitative estimate of drug-likeness (QED) is 0.441. The van der Waals surface area contributed by atoms with Gasteiger partial charge in [-0.05, 0) is 50.7 Å². The van der Waals surface area contributed by atoms with Crippen LogP contribution in [0, 0.1) is 0 Å². The molecule has 2 aromatic heterocycles. The first-order valence-electron chi connectivity index (χ1n) is 12.9. The van der Waals surface area contributed by atoms with Crippen molar-refractivity contribution >= 4 is 12.0 Å². The second-order valence-electron chi connectivity index (χ2n) is 9.79. The van der Waals surface area contributed by atoms with Crippen LogP contribution in [-0.4, -0.2) is 83.9 Å². The Balaban J connectivity index is 1.37. The third-order valence-electron chi connectivity index (χ3n) is 6.40. The Morgan fingerprint density at radius 1 is 1.08 bits per heavy atom. The summed E-state index contributed by atoms with van der Waals surface area (Å²) in [6.45, 7) is 6.40. The van der Waals surface area contributed by atoms with Gasteiger partial charge < -0.3 is 19.3 Å². The van der Waals surface area contributed by atoms with Gasteiger partial charge in [0, 0.05) is 50.1 Å². The minimum absolute atomic E-state index is 0.353. The number of rotatable bonds is 9. The van der Waals surface area contributed by atoms with Crippen LogP contribution in [0.5, 0.6) is 6.01 Å². The summed E-state index contributed by atoms with van der Waals surface area (Å²) in [6, 6.07) is 13.2. The molecule has 0 saturated carbocycles. The van der Waals surface area contributed by atoms with Crippen molar-refractivity contribution < 1.29 is 9.47 Å². The molecule has 194 valence electrons. The highest BCUT2D eigenvalue weighted by molar-refractivity contribution is 5.79. The largest absolute Gasteiger partial charge is 0.463 e. The van der Waals surface area contributed by atoms with E-state index >= 15 is 0 Å². The Labute approximate surface area is 218 Å². The van der Waals surface area contributed by atoms with E-state index in [9.17, 15) is 0 Å². The Morgan fingerprint density at radius 3 is 2.70 bits per heavy atom. The summed E-state index contributed by atoms with van der Waals surface area (Å²) in [7, 11) is 4.14. The van der Waals surface area contributed by atoms with E-state index in [4.69, 9.17) is 24.5 Å². The van der Waals surface area contributed by atoms with Gasteiger partial charge in [-0.15, -0.1) is 0 Å². The molecule has 0 spiro atoms. The number of anilines is 1. The molecule has 0 N–H and O–H groups in total. The number of hydrogen-bond acceptors (Lipinski definition) is 8. The normalized spacial score (nSPS) is 17.8. The van der Waals surface area contributed by atoms with E-state index in [0.717, 1.165) is 49.6 Å². The van der Waals surface area contributed by atoms with Crippen molar-refractivity contribution in [2.75, 3.05) is 51.9 Å². The van der Waals surface area contributed by atoms with Crippen molar-refractivity contribution in [1.29, 1.82) is 0 Å². The average molecular weight is 502 g/mol. The predicted molar refractivity (Wildman–Crippen MR) is 146 cm³/mol. The molecule has 1 unspecified atom stereocenters. The van der Waals surface area contributed by atoms with Gasteiger partial charge >= 0.3 is 6.01 Å². The number of ether oxygens (including phenoxy) is 2. The second kappa shape index (κ2) is 11.7. The number of nitrogens with zero attached hydrogens (tertiary/aromatic N) is 7. The molecule has 5 rings (SSSR count). The number of hydrogen-bond donors (Lipinski definition) is 0. The van der Waals surface area contributed by atoms with E-state index in [2.05, 4.69) is 66.2 Å². The molecule has 9 nitrogen and oxygen atoms in total. The highest BCUT2D eigenvalue weighted by atomic mass is 16.5. The molecule has 1 atom stereocenters. The number of aliphatic imine (C=N–C) groups is 1. The summed E-state index contributed by atoms with van der Waals surface area (Å²) in [6.07, 6.45) is 7.86. The smallest absolute Gasteiger partial charge is 0.320 e. The van der Waals surface area contributed by atoms with Gasteiger partial charge in [0.25, 0.3) is 0 Å². The van der Waals surface area contributed by atoms with Gasteiger partial charge in [0.1, 0.15) is 5.82 Å². The first kappa shape index (κ1) is 25.1. The lowest BCUT2D eigenvalue weighted by Gasteiger charge is -2.28. The summed E-state index contributed by atoms with van der Waals surface area (Å²) in [5, 5.41) is 4.85. The lowest BCUT2D eigenvalue weighted by Crippen LogP contribution is -2.37. The Kier molecular flexibility index (Phi) is 7.91. The molecule has 3 aromatic rings. The lowest BCUT2D eigenvalue weighted by molar-refractivity contribution is 0.122. The maximum Gasteiger partial charge on any atom is 0.320 e. The zero-order valence-corrected chi connectivity index (χ0v) is 21.9. The molecule has 9 heteroatoms. The van der Waals surface area contributed by atoms with Crippen molar-refractivity contribution in [2.24, 2.45) is 4.99 Å². The maximum absolute atomic E-state index is 6.04. The summed E-state index contributed by atoms with van der Waals surface area (Å²) in [5.41, 5.74) is 4.41. The van der Waals surface area contributed by atoms with E-state index in [-0.39, 0.29) is 0 Å². The third kappa shape index (κ3) is 6.61. The Bertz CT molecular complexity index is 1260. The van der Waals surface area contributed by atoms with E-state index in [1.54, 1.807) is 4.68 Å². The van der Waals surface area contributed by atoms with E-state index in [0.29, 0.717) is 37.7 Å². The van der Waals surface area contributed by atoms with Gasteiger partial charge in [-0.2, -0.15) is 15.1 Å². The predicted octanol–water partition coefficient (Wildman–Crippen LogP) is 3.79. The van der Waals surface area contributed by atoms with Crippen LogP contribution in [0.3, 0.4) is 0 Å². The van der Waals surface area contributed by atoms with E-state index in [1.807, 2.05) is 24.5 Å². The molecule has 2 aliphatic rings. The van der Waals surface area contributed by atoms with Gasteiger partial charge in [0.05, 0.1) is 31.6 Å². The zero-order chi connectivity index (χ0) is 25.6. The molecular weight excluding hydrogens is 466 g/mol. The molecule has 0 aliphatic carbocycles. The van der Waals surface area contributed by atoms with Gasteiger partial charge in [0.2, 0.25) is 0 Å². The number of dihydropyridines is 1. The zero-order valence-electron chi connectivity index (χ0n) is 21.9. The molecule has 0 radical (unpaired) electrons. The van der Waals surface area contributed by atoms with Crippen molar-refractivity contribution in [3.05, 3.63) is 59.8 Å². The number of morpholine rings is 1. The van der Waals surface area contributed by atoms with Crippen LogP contribution < -0.4 is 9.64 Å². The van der Waals surface area contributed by atoms with Gasteiger partial charge in [-0.25, -0.2) is 4.68 Å². The molecule has 0 bridgehead atoms. The van der Waals surface area contributed by atoms with E-state index in [1.165, 1.54) is 11.1 Å². The fourth-order valence-corrected chi connectivity index (χ4v) is 4.42. The topological polar surface area (TPSA) is 80.9 Å². The van der Waals surface area contributed by atoms with Crippen LogP contribution >= 0.6 is 0 Å². The molecule has 1 fully saturated rings. The number of benzene rings is 1. The summed E-state index contributed by atoms with van der Waals surface area (Å²) >= 11 is 0. The van der Waals surface area contributed by atoms with Crippen molar-refractivity contribution in [2.45, 2.75) is 32.4 Å². The lowest BCUT2D eigenvalue weighted by atomic mass is 10.1. The van der Waals surface area contributed by atoms with Crippen molar-refractivity contribution in [3.63, 3.8) is 0 Å². The highest BCUT2D eigenvalue weighted by Gasteiger charge is 2.17.